The van der Waals surface area contributed by atoms with Gasteiger partial charge < -0.3 is 15.0 Å². The number of aromatic nitrogens is 1. The summed E-state index contributed by atoms with van der Waals surface area (Å²) in [7, 11) is 1.63. The second-order valence-corrected chi connectivity index (χ2v) is 9.20. The van der Waals surface area contributed by atoms with E-state index in [9.17, 15) is 9.59 Å². The van der Waals surface area contributed by atoms with Crippen LogP contribution in [0.5, 0.6) is 5.75 Å². The highest BCUT2D eigenvalue weighted by Crippen LogP contribution is 2.32. The molecule has 5 rings (SSSR count). The number of thiazole rings is 1. The molecule has 1 unspecified atom stereocenters. The number of amides is 2. The highest BCUT2D eigenvalue weighted by Gasteiger charge is 2.30. The first kappa shape index (κ1) is 22.1. The van der Waals surface area contributed by atoms with Crippen molar-refractivity contribution in [1.29, 1.82) is 0 Å². The minimum absolute atomic E-state index is 0.0259. The number of para-hydroxylation sites is 1. The third-order valence-corrected chi connectivity index (χ3v) is 6.97. The number of hydrogen-bond acceptors (Lipinski definition) is 5. The summed E-state index contributed by atoms with van der Waals surface area (Å²) in [5.41, 5.74) is 2.32. The van der Waals surface area contributed by atoms with Crippen molar-refractivity contribution in [3.63, 3.8) is 0 Å². The first-order chi connectivity index (χ1) is 16.6. The number of likely N-dealkylation sites (tertiary alicyclic amines) is 1. The highest BCUT2D eigenvalue weighted by molar-refractivity contribution is 7.14. The maximum absolute atomic E-state index is 13.3. The molecule has 0 bridgehead atoms. The van der Waals surface area contributed by atoms with Gasteiger partial charge in [0.1, 0.15) is 5.75 Å². The fraction of sp³-hybridized carbons (Fsp3) is 0.222. The average Bonchev–Trinajstić information content (AvgIpc) is 3.36. The van der Waals surface area contributed by atoms with Crippen LogP contribution in [0.1, 0.15) is 23.2 Å². The van der Waals surface area contributed by atoms with Gasteiger partial charge in [-0.15, -0.1) is 11.3 Å². The Morgan fingerprint density at radius 3 is 2.74 bits per heavy atom. The van der Waals surface area contributed by atoms with Gasteiger partial charge in [0.2, 0.25) is 5.91 Å². The standard InChI is InChI=1S/C27H25N3O3S/c1-33-24-14-5-4-12-22(24)23-17-34-27(28-23)29-25(31)19-10-7-15-30(16-19)26(32)21-13-6-9-18-8-2-3-11-20(18)21/h2-6,8-9,11-14,17,19H,7,10,15-16H2,1H3,(H,28,29,31). The summed E-state index contributed by atoms with van der Waals surface area (Å²) in [6.45, 7) is 1.06. The summed E-state index contributed by atoms with van der Waals surface area (Å²) >= 11 is 1.38. The smallest absolute Gasteiger partial charge is 0.254 e. The van der Waals surface area contributed by atoms with Crippen LogP contribution in [0.15, 0.2) is 72.1 Å². The molecule has 1 fully saturated rings. The van der Waals surface area contributed by atoms with Crippen LogP contribution in [0, 0.1) is 5.92 Å². The van der Waals surface area contributed by atoms with E-state index in [1.54, 1.807) is 12.0 Å². The molecule has 1 aliphatic rings. The monoisotopic (exact) mass is 471 g/mol. The van der Waals surface area contributed by atoms with E-state index in [4.69, 9.17) is 4.74 Å². The Hall–Kier alpha value is -3.71. The number of nitrogens with one attached hydrogen (secondary N) is 1. The first-order valence-electron chi connectivity index (χ1n) is 11.3. The zero-order valence-corrected chi connectivity index (χ0v) is 19.7. The molecule has 1 aliphatic heterocycles. The number of rotatable bonds is 5. The predicted molar refractivity (Wildman–Crippen MR) is 135 cm³/mol. The predicted octanol–water partition coefficient (Wildman–Crippen LogP) is 5.46. The van der Waals surface area contributed by atoms with E-state index in [0.29, 0.717) is 23.8 Å². The van der Waals surface area contributed by atoms with Crippen LogP contribution in [0.3, 0.4) is 0 Å². The van der Waals surface area contributed by atoms with Crippen molar-refractivity contribution in [2.24, 2.45) is 5.92 Å². The molecule has 1 N–H and O–H groups in total. The number of ether oxygens (including phenoxy) is 1. The summed E-state index contributed by atoms with van der Waals surface area (Å²) in [4.78, 5) is 32.8. The molecule has 6 nitrogen and oxygen atoms in total. The number of anilines is 1. The minimum atomic E-state index is -0.272. The van der Waals surface area contributed by atoms with Crippen molar-refractivity contribution >= 4 is 39.1 Å². The molecule has 7 heteroatoms. The molecule has 172 valence electrons. The van der Waals surface area contributed by atoms with Crippen LogP contribution >= 0.6 is 11.3 Å². The highest BCUT2D eigenvalue weighted by atomic mass is 32.1. The molecule has 0 spiro atoms. The van der Waals surface area contributed by atoms with Crippen molar-refractivity contribution in [2.75, 3.05) is 25.5 Å². The first-order valence-corrected chi connectivity index (χ1v) is 12.2. The zero-order chi connectivity index (χ0) is 23.5. The molecule has 1 atom stereocenters. The third-order valence-electron chi connectivity index (χ3n) is 6.22. The van der Waals surface area contributed by atoms with Crippen LogP contribution in [-0.2, 0) is 4.79 Å². The summed E-state index contributed by atoms with van der Waals surface area (Å²) in [5.74, 6) is 0.338. The Balaban J connectivity index is 1.28. The van der Waals surface area contributed by atoms with Crippen LogP contribution in [-0.4, -0.2) is 41.9 Å². The maximum atomic E-state index is 13.3. The molecule has 1 saturated heterocycles. The van der Waals surface area contributed by atoms with Gasteiger partial charge in [0, 0.05) is 29.6 Å². The molecule has 0 saturated carbocycles. The quantitative estimate of drug-likeness (QED) is 0.419. The van der Waals surface area contributed by atoms with Crippen LogP contribution in [0.4, 0.5) is 5.13 Å². The van der Waals surface area contributed by atoms with Crippen molar-refractivity contribution in [2.45, 2.75) is 12.8 Å². The summed E-state index contributed by atoms with van der Waals surface area (Å²) in [6, 6.07) is 21.3. The normalized spacial score (nSPS) is 15.8. The number of nitrogens with zero attached hydrogens (tertiary/aromatic N) is 2. The van der Waals surface area contributed by atoms with E-state index in [1.165, 1.54) is 11.3 Å². The van der Waals surface area contributed by atoms with E-state index in [0.717, 1.165) is 40.6 Å². The van der Waals surface area contributed by atoms with Gasteiger partial charge in [0.15, 0.2) is 5.13 Å². The number of benzene rings is 3. The fourth-order valence-corrected chi connectivity index (χ4v) is 5.19. The summed E-state index contributed by atoms with van der Waals surface area (Å²) in [5, 5.41) is 7.38. The number of fused-ring (bicyclic) bond motifs is 1. The summed E-state index contributed by atoms with van der Waals surface area (Å²) < 4.78 is 5.42. The van der Waals surface area contributed by atoms with Crippen molar-refractivity contribution in [3.8, 4) is 17.0 Å². The number of carbonyl (C=O) groups is 2. The molecule has 34 heavy (non-hydrogen) atoms. The zero-order valence-electron chi connectivity index (χ0n) is 18.9. The Bertz CT molecular complexity index is 1340. The van der Waals surface area contributed by atoms with Crippen LogP contribution < -0.4 is 10.1 Å². The van der Waals surface area contributed by atoms with Gasteiger partial charge in [0.25, 0.3) is 5.91 Å². The largest absolute Gasteiger partial charge is 0.496 e. The maximum Gasteiger partial charge on any atom is 0.254 e. The molecule has 2 heterocycles. The Labute approximate surface area is 202 Å². The van der Waals surface area contributed by atoms with Gasteiger partial charge in [-0.25, -0.2) is 4.98 Å². The SMILES string of the molecule is COc1ccccc1-c1csc(NC(=O)C2CCCN(C(=O)c3cccc4ccccc34)C2)n1. The van der Waals surface area contributed by atoms with E-state index >= 15 is 0 Å². The lowest BCUT2D eigenvalue weighted by molar-refractivity contribution is -0.121. The average molecular weight is 472 g/mol. The molecular weight excluding hydrogens is 446 g/mol. The number of piperidine rings is 1. The van der Waals surface area contributed by atoms with Crippen LogP contribution in [0.2, 0.25) is 0 Å². The Morgan fingerprint density at radius 2 is 1.85 bits per heavy atom. The lowest BCUT2D eigenvalue weighted by Gasteiger charge is -2.32. The molecule has 1 aromatic heterocycles. The Kier molecular flexibility index (Phi) is 6.27. The number of carbonyl (C=O) groups excluding carboxylic acids is 2. The van der Waals surface area contributed by atoms with Gasteiger partial charge >= 0.3 is 0 Å². The van der Waals surface area contributed by atoms with Gasteiger partial charge in [-0.05, 0) is 41.8 Å². The third kappa shape index (κ3) is 4.39. The lowest BCUT2D eigenvalue weighted by atomic mass is 9.95. The van der Waals surface area contributed by atoms with Gasteiger partial charge in [0.05, 0.1) is 18.7 Å². The van der Waals surface area contributed by atoms with Gasteiger partial charge in [-0.3, -0.25) is 9.59 Å². The summed E-state index contributed by atoms with van der Waals surface area (Å²) in [6.07, 6.45) is 1.54. The molecule has 2 amide bonds. The van der Waals surface area contributed by atoms with Crippen molar-refractivity contribution in [1.82, 2.24) is 9.88 Å². The minimum Gasteiger partial charge on any atom is -0.496 e. The van der Waals surface area contributed by atoms with E-state index in [-0.39, 0.29) is 17.7 Å². The molecule has 0 aliphatic carbocycles. The Morgan fingerprint density at radius 1 is 1.06 bits per heavy atom. The van der Waals surface area contributed by atoms with E-state index < -0.39 is 0 Å². The van der Waals surface area contributed by atoms with Crippen molar-refractivity contribution < 1.29 is 14.3 Å². The molecule has 0 radical (unpaired) electrons. The molecule has 3 aromatic carbocycles. The van der Waals surface area contributed by atoms with E-state index in [1.807, 2.05) is 72.1 Å². The topological polar surface area (TPSA) is 71.5 Å². The van der Waals surface area contributed by atoms with Crippen molar-refractivity contribution in [3.05, 3.63) is 77.7 Å². The van der Waals surface area contributed by atoms with Crippen LogP contribution in [0.25, 0.3) is 22.0 Å². The van der Waals surface area contributed by atoms with Gasteiger partial charge in [-0.1, -0.05) is 48.5 Å². The molecular formula is C27H25N3O3S. The number of methoxy groups -OCH3 is 1. The molecule has 4 aromatic rings. The fourth-order valence-electron chi connectivity index (χ4n) is 4.48. The lowest BCUT2D eigenvalue weighted by Crippen LogP contribution is -2.43. The van der Waals surface area contributed by atoms with Gasteiger partial charge in [-0.2, -0.15) is 0 Å². The number of hydrogen-bond donors (Lipinski definition) is 1. The second kappa shape index (κ2) is 9.65. The second-order valence-electron chi connectivity index (χ2n) is 8.34. The van der Waals surface area contributed by atoms with E-state index in [2.05, 4.69) is 10.3 Å².